The van der Waals surface area contributed by atoms with Gasteiger partial charge >= 0.3 is 0 Å². The number of aryl methyl sites for hydroxylation is 2. The Bertz CT molecular complexity index is 920. The van der Waals surface area contributed by atoms with E-state index in [9.17, 15) is 9.18 Å². The lowest BCUT2D eigenvalue weighted by Gasteiger charge is -2.17. The Hall–Kier alpha value is -2.66. The van der Waals surface area contributed by atoms with Gasteiger partial charge in [0.1, 0.15) is 22.8 Å². The van der Waals surface area contributed by atoms with Crippen molar-refractivity contribution in [3.8, 4) is 11.3 Å². The molecule has 0 aliphatic heterocycles. The summed E-state index contributed by atoms with van der Waals surface area (Å²) < 4.78 is 19.5. The molecule has 0 aliphatic carbocycles. The monoisotopic (exact) mass is 386 g/mol. The minimum atomic E-state index is -0.545. The molecule has 3 rings (SSSR count). The van der Waals surface area contributed by atoms with Gasteiger partial charge in [0.2, 0.25) is 0 Å². The molecule has 1 amide bonds. The molecule has 140 valence electrons. The second-order valence-electron chi connectivity index (χ2n) is 6.37. The van der Waals surface area contributed by atoms with Crippen molar-refractivity contribution in [3.05, 3.63) is 76.3 Å². The lowest BCUT2D eigenvalue weighted by Crippen LogP contribution is -2.28. The first kappa shape index (κ1) is 19.1. The standard InChI is InChI=1S/C21H20ClFN2O2/c1-14-18(20(24-27-14)19-16(22)11-6-12-17(19)23)21(26)25(2)13-7-10-15-8-4-3-5-9-15/h3-6,8-9,11-12H,7,10,13H2,1-2H3. The minimum absolute atomic E-state index is 0.0806. The van der Waals surface area contributed by atoms with Gasteiger partial charge in [-0.2, -0.15) is 0 Å². The lowest BCUT2D eigenvalue weighted by atomic mass is 10.0. The van der Waals surface area contributed by atoms with Crippen molar-refractivity contribution >= 4 is 17.5 Å². The molecule has 1 aromatic heterocycles. The van der Waals surface area contributed by atoms with Crippen LogP contribution in [0.2, 0.25) is 5.02 Å². The number of amides is 1. The third kappa shape index (κ3) is 4.19. The molecular formula is C21H20ClFN2O2. The highest BCUT2D eigenvalue weighted by Crippen LogP contribution is 2.33. The zero-order chi connectivity index (χ0) is 19.4. The second-order valence-corrected chi connectivity index (χ2v) is 6.78. The second kappa shape index (κ2) is 8.35. The topological polar surface area (TPSA) is 46.3 Å². The molecule has 0 spiro atoms. The van der Waals surface area contributed by atoms with Crippen molar-refractivity contribution in [2.75, 3.05) is 13.6 Å². The summed E-state index contributed by atoms with van der Waals surface area (Å²) in [5.74, 6) is -0.475. The third-order valence-corrected chi connectivity index (χ3v) is 4.74. The molecule has 0 N–H and O–H groups in total. The number of hydrogen-bond acceptors (Lipinski definition) is 3. The van der Waals surface area contributed by atoms with Crippen molar-refractivity contribution < 1.29 is 13.7 Å². The number of hydrogen-bond donors (Lipinski definition) is 0. The molecule has 0 bridgehead atoms. The van der Waals surface area contributed by atoms with E-state index in [4.69, 9.17) is 16.1 Å². The van der Waals surface area contributed by atoms with Crippen LogP contribution in [0.3, 0.4) is 0 Å². The highest BCUT2D eigenvalue weighted by atomic mass is 35.5. The predicted molar refractivity (Wildman–Crippen MR) is 103 cm³/mol. The average Bonchev–Trinajstić information content (AvgIpc) is 3.03. The van der Waals surface area contributed by atoms with Crippen molar-refractivity contribution in [2.45, 2.75) is 19.8 Å². The van der Waals surface area contributed by atoms with Gasteiger partial charge < -0.3 is 9.42 Å². The molecule has 0 fully saturated rings. The van der Waals surface area contributed by atoms with Gasteiger partial charge in [0, 0.05) is 13.6 Å². The number of carbonyl (C=O) groups excluding carboxylic acids is 1. The van der Waals surface area contributed by atoms with Crippen LogP contribution in [0, 0.1) is 12.7 Å². The van der Waals surface area contributed by atoms with Gasteiger partial charge in [-0.05, 0) is 37.5 Å². The Morgan fingerprint density at radius 2 is 1.93 bits per heavy atom. The first-order valence-corrected chi connectivity index (χ1v) is 9.07. The average molecular weight is 387 g/mol. The van der Waals surface area contributed by atoms with Crippen LogP contribution in [0.15, 0.2) is 53.1 Å². The SMILES string of the molecule is Cc1onc(-c2c(F)cccc2Cl)c1C(=O)N(C)CCCc1ccccc1. The number of halogens is 2. The van der Waals surface area contributed by atoms with Crippen LogP contribution >= 0.6 is 11.6 Å². The molecule has 4 nitrogen and oxygen atoms in total. The summed E-state index contributed by atoms with van der Waals surface area (Å²) in [6, 6.07) is 14.4. The zero-order valence-electron chi connectivity index (χ0n) is 15.2. The summed E-state index contributed by atoms with van der Waals surface area (Å²) in [7, 11) is 1.71. The van der Waals surface area contributed by atoms with Crippen LogP contribution in [-0.2, 0) is 6.42 Å². The molecule has 1 heterocycles. The number of aromatic nitrogens is 1. The zero-order valence-corrected chi connectivity index (χ0v) is 16.0. The maximum absolute atomic E-state index is 14.3. The van der Waals surface area contributed by atoms with E-state index in [1.54, 1.807) is 24.9 Å². The van der Waals surface area contributed by atoms with Crippen LogP contribution in [0.1, 0.15) is 28.1 Å². The van der Waals surface area contributed by atoms with Gasteiger partial charge in [0.05, 0.1) is 10.6 Å². The number of benzene rings is 2. The van der Waals surface area contributed by atoms with Gasteiger partial charge in [-0.15, -0.1) is 0 Å². The van der Waals surface area contributed by atoms with Gasteiger partial charge in [-0.25, -0.2) is 4.39 Å². The Morgan fingerprint density at radius 1 is 1.19 bits per heavy atom. The van der Waals surface area contributed by atoms with Crippen LogP contribution in [0.5, 0.6) is 0 Å². The normalized spacial score (nSPS) is 10.8. The Morgan fingerprint density at radius 3 is 2.63 bits per heavy atom. The smallest absolute Gasteiger partial charge is 0.259 e. The summed E-state index contributed by atoms with van der Waals surface area (Å²) in [6.45, 7) is 2.19. The quantitative estimate of drug-likeness (QED) is 0.588. The molecule has 27 heavy (non-hydrogen) atoms. The van der Waals surface area contributed by atoms with E-state index in [1.807, 2.05) is 18.2 Å². The van der Waals surface area contributed by atoms with Crippen molar-refractivity contribution in [2.24, 2.45) is 0 Å². The molecule has 0 saturated heterocycles. The summed E-state index contributed by atoms with van der Waals surface area (Å²) >= 11 is 6.13. The molecule has 6 heteroatoms. The van der Waals surface area contributed by atoms with Gasteiger partial charge in [-0.1, -0.05) is 53.2 Å². The summed E-state index contributed by atoms with van der Waals surface area (Å²) in [5, 5.41) is 4.08. The summed E-state index contributed by atoms with van der Waals surface area (Å²) in [5.41, 5.74) is 1.68. The minimum Gasteiger partial charge on any atom is -0.360 e. The van der Waals surface area contributed by atoms with E-state index in [0.717, 1.165) is 12.8 Å². The van der Waals surface area contributed by atoms with E-state index < -0.39 is 5.82 Å². The maximum atomic E-state index is 14.3. The summed E-state index contributed by atoms with van der Waals surface area (Å²) in [4.78, 5) is 14.5. The molecular weight excluding hydrogens is 367 g/mol. The Labute approximate surface area is 162 Å². The summed E-state index contributed by atoms with van der Waals surface area (Å²) in [6.07, 6.45) is 1.68. The Balaban J connectivity index is 1.78. The van der Waals surface area contributed by atoms with E-state index in [2.05, 4.69) is 17.3 Å². The van der Waals surface area contributed by atoms with E-state index >= 15 is 0 Å². The first-order valence-electron chi connectivity index (χ1n) is 8.69. The lowest BCUT2D eigenvalue weighted by molar-refractivity contribution is 0.0792. The van der Waals surface area contributed by atoms with Crippen LogP contribution < -0.4 is 0 Å². The predicted octanol–water partition coefficient (Wildman–Crippen LogP) is 5.15. The third-order valence-electron chi connectivity index (χ3n) is 4.42. The van der Waals surface area contributed by atoms with Crippen LogP contribution in [0.4, 0.5) is 4.39 Å². The highest BCUT2D eigenvalue weighted by molar-refractivity contribution is 6.33. The molecule has 0 atom stereocenters. The van der Waals surface area contributed by atoms with Crippen LogP contribution in [0.25, 0.3) is 11.3 Å². The van der Waals surface area contributed by atoms with E-state index in [0.29, 0.717) is 12.3 Å². The van der Waals surface area contributed by atoms with E-state index in [1.165, 1.54) is 17.7 Å². The van der Waals surface area contributed by atoms with Crippen LogP contribution in [-0.4, -0.2) is 29.6 Å². The fraction of sp³-hybridized carbons (Fsp3) is 0.238. The molecule has 0 unspecified atom stereocenters. The number of carbonyl (C=O) groups is 1. The molecule has 2 aromatic carbocycles. The maximum Gasteiger partial charge on any atom is 0.259 e. The van der Waals surface area contributed by atoms with E-state index in [-0.39, 0.29) is 27.8 Å². The Kier molecular flexibility index (Phi) is 5.91. The largest absolute Gasteiger partial charge is 0.360 e. The highest BCUT2D eigenvalue weighted by Gasteiger charge is 2.27. The van der Waals surface area contributed by atoms with Crippen molar-refractivity contribution in [3.63, 3.8) is 0 Å². The molecule has 0 saturated carbocycles. The van der Waals surface area contributed by atoms with Gasteiger partial charge in [-0.3, -0.25) is 4.79 Å². The van der Waals surface area contributed by atoms with Crippen molar-refractivity contribution in [1.82, 2.24) is 10.1 Å². The fourth-order valence-electron chi connectivity index (χ4n) is 2.98. The molecule has 0 radical (unpaired) electrons. The molecule has 0 aliphatic rings. The first-order chi connectivity index (χ1) is 13.0. The van der Waals surface area contributed by atoms with Gasteiger partial charge in [0.25, 0.3) is 5.91 Å². The molecule has 3 aromatic rings. The number of rotatable bonds is 6. The van der Waals surface area contributed by atoms with Gasteiger partial charge in [0.15, 0.2) is 0 Å². The number of nitrogens with zero attached hydrogens (tertiary/aromatic N) is 2. The fourth-order valence-corrected chi connectivity index (χ4v) is 3.23. The van der Waals surface area contributed by atoms with Crippen molar-refractivity contribution in [1.29, 1.82) is 0 Å².